The molecule has 1 fully saturated rings. The van der Waals surface area contributed by atoms with Crippen molar-refractivity contribution in [2.24, 2.45) is 5.92 Å². The third kappa shape index (κ3) is 3.25. The Balaban J connectivity index is 2.05. The lowest BCUT2D eigenvalue weighted by atomic mass is 9.95. The molecule has 0 radical (unpaired) electrons. The minimum Gasteiger partial charge on any atom is -0.391 e. The van der Waals surface area contributed by atoms with E-state index in [1.54, 1.807) is 11.0 Å². The minimum atomic E-state index is -0.506. The summed E-state index contributed by atoms with van der Waals surface area (Å²) in [6.07, 6.45) is 0.193. The number of β-amino-alcohol motifs (C(OH)–C–C–N with tert-alkyl or cyclic N) is 1. The lowest BCUT2D eigenvalue weighted by molar-refractivity contribution is -0.134. The number of amides is 1. The predicted octanol–water partition coefficient (Wildman–Crippen LogP) is 2.25. The zero-order valence-corrected chi connectivity index (χ0v) is 11.5. The van der Waals surface area contributed by atoms with E-state index in [4.69, 9.17) is 11.6 Å². The highest BCUT2D eigenvalue weighted by Crippen LogP contribution is 2.22. The first-order chi connectivity index (χ1) is 8.99. The second-order valence-corrected chi connectivity index (χ2v) is 5.46. The molecule has 3 nitrogen and oxygen atoms in total. The fraction of sp³-hybridized carbons (Fsp3) is 0.500. The summed E-state index contributed by atoms with van der Waals surface area (Å²) in [6.45, 7) is 2.87. The van der Waals surface area contributed by atoms with Gasteiger partial charge in [-0.3, -0.25) is 4.79 Å². The van der Waals surface area contributed by atoms with Gasteiger partial charge in [0.05, 0.1) is 12.5 Å². The summed E-state index contributed by atoms with van der Waals surface area (Å²) in [7, 11) is 0. The van der Waals surface area contributed by atoms with E-state index in [0.717, 1.165) is 6.42 Å². The molecule has 0 spiro atoms. The molecular weight excluding hydrogens is 269 g/mol. The number of hydrogen-bond acceptors (Lipinski definition) is 2. The second-order valence-electron chi connectivity index (χ2n) is 5.05. The molecule has 1 aromatic rings. The van der Waals surface area contributed by atoms with E-state index in [0.29, 0.717) is 13.1 Å². The largest absolute Gasteiger partial charge is 0.391 e. The van der Waals surface area contributed by atoms with Crippen LogP contribution >= 0.6 is 11.6 Å². The molecule has 1 aliphatic rings. The molecule has 0 aliphatic carbocycles. The van der Waals surface area contributed by atoms with Gasteiger partial charge in [0, 0.05) is 23.7 Å². The maximum Gasteiger partial charge on any atom is 0.227 e. The molecule has 1 amide bonds. The molecule has 19 heavy (non-hydrogen) atoms. The quantitative estimate of drug-likeness (QED) is 0.905. The number of aliphatic hydroxyl groups excluding tert-OH is 1. The van der Waals surface area contributed by atoms with E-state index in [9.17, 15) is 14.3 Å². The van der Waals surface area contributed by atoms with E-state index < -0.39 is 11.9 Å². The predicted molar refractivity (Wildman–Crippen MR) is 71.5 cm³/mol. The van der Waals surface area contributed by atoms with Crippen LogP contribution in [0.1, 0.15) is 18.9 Å². The third-order valence-corrected chi connectivity index (χ3v) is 4.02. The van der Waals surface area contributed by atoms with Crippen molar-refractivity contribution in [1.82, 2.24) is 4.90 Å². The van der Waals surface area contributed by atoms with Gasteiger partial charge < -0.3 is 10.0 Å². The van der Waals surface area contributed by atoms with Crippen LogP contribution in [-0.4, -0.2) is 35.1 Å². The molecule has 2 unspecified atom stereocenters. The Kier molecular flexibility index (Phi) is 4.42. The fourth-order valence-corrected chi connectivity index (χ4v) is 2.47. The number of hydrogen-bond donors (Lipinski definition) is 1. The van der Waals surface area contributed by atoms with E-state index >= 15 is 0 Å². The molecule has 1 aromatic carbocycles. The van der Waals surface area contributed by atoms with Crippen molar-refractivity contribution in [3.63, 3.8) is 0 Å². The van der Waals surface area contributed by atoms with Crippen molar-refractivity contribution in [2.45, 2.75) is 25.9 Å². The van der Waals surface area contributed by atoms with Crippen molar-refractivity contribution in [3.8, 4) is 0 Å². The Bertz CT molecular complexity index is 460. The van der Waals surface area contributed by atoms with Gasteiger partial charge in [-0.05, 0) is 24.5 Å². The van der Waals surface area contributed by atoms with E-state index in [1.807, 2.05) is 6.92 Å². The molecule has 104 valence electrons. The Hall–Kier alpha value is -1.13. The molecule has 5 heteroatoms. The smallest absolute Gasteiger partial charge is 0.227 e. The number of benzene rings is 1. The van der Waals surface area contributed by atoms with Crippen LogP contribution in [0.5, 0.6) is 0 Å². The average molecular weight is 286 g/mol. The first-order valence-electron chi connectivity index (χ1n) is 6.37. The summed E-state index contributed by atoms with van der Waals surface area (Å²) in [4.78, 5) is 13.7. The molecule has 1 heterocycles. The summed E-state index contributed by atoms with van der Waals surface area (Å²) < 4.78 is 13.6. The molecule has 1 N–H and O–H groups in total. The molecular formula is C14H17ClFNO2. The van der Waals surface area contributed by atoms with Crippen LogP contribution in [0.4, 0.5) is 4.39 Å². The Morgan fingerprint density at radius 2 is 2.32 bits per heavy atom. The van der Waals surface area contributed by atoms with Gasteiger partial charge in [0.25, 0.3) is 0 Å². The van der Waals surface area contributed by atoms with Gasteiger partial charge in [-0.1, -0.05) is 24.6 Å². The highest BCUT2D eigenvalue weighted by Gasteiger charge is 2.27. The number of rotatable bonds is 2. The average Bonchev–Trinajstić information content (AvgIpc) is 2.37. The number of carbonyl (C=O) groups excluding carboxylic acids is 1. The van der Waals surface area contributed by atoms with Crippen molar-refractivity contribution in [1.29, 1.82) is 0 Å². The van der Waals surface area contributed by atoms with Gasteiger partial charge in [-0.2, -0.15) is 0 Å². The Morgan fingerprint density at radius 3 is 2.95 bits per heavy atom. The highest BCUT2D eigenvalue weighted by atomic mass is 35.5. The molecule has 0 aromatic heterocycles. The Morgan fingerprint density at radius 1 is 1.58 bits per heavy atom. The SMILES string of the molecule is CC1CCN(C(=O)Cc2c(F)cccc2Cl)CC1O. The maximum absolute atomic E-state index is 13.6. The topological polar surface area (TPSA) is 40.5 Å². The maximum atomic E-state index is 13.6. The zero-order valence-electron chi connectivity index (χ0n) is 10.8. The van der Waals surface area contributed by atoms with Gasteiger partial charge in [0.2, 0.25) is 5.91 Å². The second kappa shape index (κ2) is 5.88. The third-order valence-electron chi connectivity index (χ3n) is 3.66. The van der Waals surface area contributed by atoms with E-state index in [1.165, 1.54) is 12.1 Å². The molecule has 0 bridgehead atoms. The zero-order chi connectivity index (χ0) is 14.0. The lowest BCUT2D eigenvalue weighted by Gasteiger charge is -2.34. The van der Waals surface area contributed by atoms with Crippen LogP contribution in [-0.2, 0) is 11.2 Å². The molecule has 2 atom stereocenters. The summed E-state index contributed by atoms with van der Waals surface area (Å²) in [5.74, 6) is -0.467. The van der Waals surface area contributed by atoms with Crippen LogP contribution in [0, 0.1) is 11.7 Å². The first kappa shape index (κ1) is 14.3. The van der Waals surface area contributed by atoms with Crippen molar-refractivity contribution in [3.05, 3.63) is 34.6 Å². The van der Waals surface area contributed by atoms with Gasteiger partial charge in [0.15, 0.2) is 0 Å². The van der Waals surface area contributed by atoms with E-state index in [2.05, 4.69) is 0 Å². The lowest BCUT2D eigenvalue weighted by Crippen LogP contribution is -2.46. The van der Waals surface area contributed by atoms with Crippen LogP contribution in [0.15, 0.2) is 18.2 Å². The summed E-state index contributed by atoms with van der Waals surface area (Å²) in [5, 5.41) is 10.0. The number of halogens is 2. The molecule has 2 rings (SSSR count). The molecule has 1 saturated heterocycles. The number of nitrogens with zero attached hydrogens (tertiary/aromatic N) is 1. The normalized spacial score (nSPS) is 23.5. The number of aliphatic hydroxyl groups is 1. The van der Waals surface area contributed by atoms with Gasteiger partial charge in [0.1, 0.15) is 5.82 Å². The summed E-state index contributed by atoms with van der Waals surface area (Å²) in [6, 6.07) is 4.37. The van der Waals surface area contributed by atoms with Crippen LogP contribution < -0.4 is 0 Å². The fourth-order valence-electron chi connectivity index (χ4n) is 2.24. The van der Waals surface area contributed by atoms with Crippen molar-refractivity contribution >= 4 is 17.5 Å². The van der Waals surface area contributed by atoms with E-state index in [-0.39, 0.29) is 28.8 Å². The number of carbonyl (C=O) groups is 1. The Labute approximate surface area is 117 Å². The van der Waals surface area contributed by atoms with Gasteiger partial charge in [-0.15, -0.1) is 0 Å². The minimum absolute atomic E-state index is 0.0629. The first-order valence-corrected chi connectivity index (χ1v) is 6.75. The summed E-state index contributed by atoms with van der Waals surface area (Å²) >= 11 is 5.90. The number of likely N-dealkylation sites (tertiary alicyclic amines) is 1. The van der Waals surface area contributed by atoms with Crippen LogP contribution in [0.2, 0.25) is 5.02 Å². The monoisotopic (exact) mass is 285 g/mol. The van der Waals surface area contributed by atoms with Crippen LogP contribution in [0.25, 0.3) is 0 Å². The standard InChI is InChI=1S/C14H17ClFNO2/c1-9-5-6-17(8-13(9)18)14(19)7-10-11(15)3-2-4-12(10)16/h2-4,9,13,18H,5-8H2,1H3. The number of piperidine rings is 1. The highest BCUT2D eigenvalue weighted by molar-refractivity contribution is 6.31. The van der Waals surface area contributed by atoms with Crippen LogP contribution in [0.3, 0.4) is 0 Å². The molecule has 0 saturated carbocycles. The van der Waals surface area contributed by atoms with Crippen molar-refractivity contribution < 1.29 is 14.3 Å². The van der Waals surface area contributed by atoms with Crippen molar-refractivity contribution in [2.75, 3.05) is 13.1 Å². The van der Waals surface area contributed by atoms with Gasteiger partial charge in [-0.25, -0.2) is 4.39 Å². The summed E-state index contributed by atoms with van der Waals surface area (Å²) in [5.41, 5.74) is 0.224. The van der Waals surface area contributed by atoms with Gasteiger partial charge >= 0.3 is 0 Å². The molecule has 1 aliphatic heterocycles.